The summed E-state index contributed by atoms with van der Waals surface area (Å²) in [5.41, 5.74) is 23.6. The average molecular weight is 605 g/mol. The number of benzene rings is 2. The largest absolute Gasteiger partial charge is 0.399 e. The second-order valence-electron chi connectivity index (χ2n) is 13.0. The number of rotatable bonds is 19. The van der Waals surface area contributed by atoms with E-state index in [1.807, 2.05) is 30.3 Å². The van der Waals surface area contributed by atoms with Crippen LogP contribution in [0.4, 0.5) is 11.4 Å². The minimum Gasteiger partial charge on any atom is -0.399 e. The molecule has 0 bridgehead atoms. The first-order chi connectivity index (χ1) is 21.8. The maximum absolute atomic E-state index is 6.07. The van der Waals surface area contributed by atoms with Gasteiger partial charge in [0.05, 0.1) is 0 Å². The number of anilines is 2. The highest BCUT2D eigenvalue weighted by molar-refractivity contribution is 5.82. The number of nitrogens with two attached hydrogens (primary N) is 2. The second-order valence-corrected chi connectivity index (χ2v) is 13.0. The lowest BCUT2D eigenvalue weighted by atomic mass is 9.68. The first-order valence-corrected chi connectivity index (χ1v) is 17.7. The van der Waals surface area contributed by atoms with Crippen LogP contribution < -0.4 is 11.5 Å². The van der Waals surface area contributed by atoms with Crippen molar-refractivity contribution in [2.24, 2.45) is 5.41 Å². The molecule has 0 radical (unpaired) electrons. The van der Waals surface area contributed by atoms with Gasteiger partial charge in [0.15, 0.2) is 0 Å². The highest BCUT2D eigenvalue weighted by atomic mass is 14.5. The SMILES string of the molecule is C=C/C(=C\C1=C(C)C(=C)/C(=C\C(=C/C)c2ccc(N)cc2)C1(CCCCCCCC)CCCCCCCC)c1ccc(N)cc1. The van der Waals surface area contributed by atoms with Gasteiger partial charge in [0.25, 0.3) is 0 Å². The molecule has 0 aromatic heterocycles. The van der Waals surface area contributed by atoms with E-state index in [2.05, 4.69) is 76.8 Å². The Morgan fingerprint density at radius 1 is 0.689 bits per heavy atom. The van der Waals surface area contributed by atoms with Gasteiger partial charge < -0.3 is 11.5 Å². The summed E-state index contributed by atoms with van der Waals surface area (Å²) < 4.78 is 0. The molecule has 2 nitrogen and oxygen atoms in total. The summed E-state index contributed by atoms with van der Waals surface area (Å²) in [6.45, 7) is 18.0. The number of hydrogen-bond acceptors (Lipinski definition) is 2. The minimum absolute atomic E-state index is 0.0964. The van der Waals surface area contributed by atoms with Crippen molar-refractivity contribution in [1.29, 1.82) is 0 Å². The molecule has 0 saturated heterocycles. The van der Waals surface area contributed by atoms with Gasteiger partial charge in [-0.3, -0.25) is 0 Å². The fourth-order valence-corrected chi connectivity index (χ4v) is 6.96. The zero-order chi connectivity index (χ0) is 32.7. The van der Waals surface area contributed by atoms with Crippen molar-refractivity contribution in [1.82, 2.24) is 0 Å². The summed E-state index contributed by atoms with van der Waals surface area (Å²) in [4.78, 5) is 0. The Morgan fingerprint density at radius 2 is 1.13 bits per heavy atom. The van der Waals surface area contributed by atoms with Crippen molar-refractivity contribution in [2.45, 2.75) is 118 Å². The van der Waals surface area contributed by atoms with Gasteiger partial charge in [-0.1, -0.05) is 140 Å². The van der Waals surface area contributed by atoms with Gasteiger partial charge in [-0.25, -0.2) is 0 Å². The van der Waals surface area contributed by atoms with E-state index in [1.165, 1.54) is 110 Å². The van der Waals surface area contributed by atoms with Crippen LogP contribution in [0.5, 0.6) is 0 Å². The van der Waals surface area contributed by atoms with Crippen molar-refractivity contribution in [3.63, 3.8) is 0 Å². The van der Waals surface area contributed by atoms with E-state index < -0.39 is 0 Å². The summed E-state index contributed by atoms with van der Waals surface area (Å²) in [6.07, 6.45) is 26.8. The van der Waals surface area contributed by atoms with Crippen LogP contribution in [0.3, 0.4) is 0 Å². The van der Waals surface area contributed by atoms with Crippen LogP contribution in [0.15, 0.2) is 108 Å². The van der Waals surface area contributed by atoms with Gasteiger partial charge in [0.2, 0.25) is 0 Å². The van der Waals surface area contributed by atoms with Gasteiger partial charge in [-0.2, -0.15) is 0 Å². The van der Waals surface area contributed by atoms with Gasteiger partial charge in [-0.15, -0.1) is 0 Å². The maximum Gasteiger partial charge on any atom is 0.0314 e. The molecule has 0 heterocycles. The Morgan fingerprint density at radius 3 is 1.58 bits per heavy atom. The Balaban J connectivity index is 2.15. The van der Waals surface area contributed by atoms with E-state index >= 15 is 0 Å². The molecule has 0 spiro atoms. The molecule has 45 heavy (non-hydrogen) atoms. The molecule has 242 valence electrons. The topological polar surface area (TPSA) is 52.0 Å². The Bertz CT molecular complexity index is 1350. The molecule has 2 heteroatoms. The molecule has 2 aromatic carbocycles. The third kappa shape index (κ3) is 9.73. The molecule has 0 unspecified atom stereocenters. The Hall–Kier alpha value is -3.52. The molecule has 0 fully saturated rings. The van der Waals surface area contributed by atoms with Crippen molar-refractivity contribution < 1.29 is 0 Å². The minimum atomic E-state index is -0.0964. The van der Waals surface area contributed by atoms with Crippen LogP contribution in [-0.2, 0) is 0 Å². The van der Waals surface area contributed by atoms with Gasteiger partial charge in [0.1, 0.15) is 0 Å². The first-order valence-electron chi connectivity index (χ1n) is 17.7. The van der Waals surface area contributed by atoms with E-state index in [0.717, 1.165) is 35.4 Å². The third-order valence-corrected chi connectivity index (χ3v) is 9.75. The van der Waals surface area contributed by atoms with E-state index in [-0.39, 0.29) is 5.41 Å². The fourth-order valence-electron chi connectivity index (χ4n) is 6.96. The molecule has 1 aliphatic rings. The first kappa shape index (κ1) is 36.0. The quantitative estimate of drug-likeness (QED) is 0.0952. The zero-order valence-corrected chi connectivity index (χ0v) is 28.9. The van der Waals surface area contributed by atoms with Gasteiger partial charge in [-0.05, 0) is 108 Å². The van der Waals surface area contributed by atoms with E-state index in [0.29, 0.717) is 0 Å². The lowest BCUT2D eigenvalue weighted by molar-refractivity contribution is 0.348. The van der Waals surface area contributed by atoms with Gasteiger partial charge >= 0.3 is 0 Å². The lowest BCUT2D eigenvalue weighted by Crippen LogP contribution is -2.23. The molecule has 1 aliphatic carbocycles. The second kappa shape index (κ2) is 18.4. The predicted molar refractivity (Wildman–Crippen MR) is 202 cm³/mol. The van der Waals surface area contributed by atoms with Crippen molar-refractivity contribution in [3.05, 3.63) is 119 Å². The van der Waals surface area contributed by atoms with Crippen LogP contribution in [0.2, 0.25) is 0 Å². The van der Waals surface area contributed by atoms with Crippen molar-refractivity contribution in [3.8, 4) is 0 Å². The molecule has 2 aromatic rings. The molecule has 0 atom stereocenters. The number of hydrogen-bond donors (Lipinski definition) is 2. The van der Waals surface area contributed by atoms with Crippen LogP contribution >= 0.6 is 0 Å². The molecule has 0 aliphatic heterocycles. The average Bonchev–Trinajstić information content (AvgIpc) is 3.23. The van der Waals surface area contributed by atoms with Crippen LogP contribution in [0.1, 0.15) is 129 Å². The maximum atomic E-state index is 6.07. The third-order valence-electron chi connectivity index (χ3n) is 9.75. The Labute approximate surface area is 275 Å². The molecule has 3 rings (SSSR count). The standard InChI is InChI=1S/C43H60N2/c1-7-11-13-15-17-19-29-43(30-20-18-16-14-12-8-2)41(31-35(9-3)37-21-25-39(44)26-22-37)33(5)34(6)42(43)32-36(10-4)38-23-27-40(45)28-24-38/h9-10,21-28,31-32H,3,6-8,11-20,29-30,44-45H2,1-2,4-5H3/b35-31+,36-10+,42-32+. The number of allylic oxidation sites excluding steroid dienone is 10. The molecular weight excluding hydrogens is 544 g/mol. The van der Waals surface area contributed by atoms with E-state index in [1.54, 1.807) is 0 Å². The summed E-state index contributed by atoms with van der Waals surface area (Å²) in [6, 6.07) is 16.5. The van der Waals surface area contributed by atoms with Crippen LogP contribution in [0.25, 0.3) is 11.1 Å². The van der Waals surface area contributed by atoms with Gasteiger partial charge in [0, 0.05) is 16.8 Å². The molecule has 0 saturated carbocycles. The summed E-state index contributed by atoms with van der Waals surface area (Å²) in [5.74, 6) is 0. The molecular formula is C43H60N2. The Kier molecular flexibility index (Phi) is 14.7. The van der Waals surface area contributed by atoms with E-state index in [4.69, 9.17) is 18.0 Å². The fraction of sp³-hybridized carbons (Fsp3) is 0.442. The van der Waals surface area contributed by atoms with Crippen LogP contribution in [-0.4, -0.2) is 0 Å². The highest BCUT2D eigenvalue weighted by Crippen LogP contribution is 2.57. The summed E-state index contributed by atoms with van der Waals surface area (Å²) >= 11 is 0. The molecule has 4 N–H and O–H groups in total. The summed E-state index contributed by atoms with van der Waals surface area (Å²) in [5, 5.41) is 0. The predicted octanol–water partition coefficient (Wildman–Crippen LogP) is 12.8. The van der Waals surface area contributed by atoms with E-state index in [9.17, 15) is 0 Å². The monoisotopic (exact) mass is 604 g/mol. The summed E-state index contributed by atoms with van der Waals surface area (Å²) in [7, 11) is 0. The van der Waals surface area contributed by atoms with Crippen molar-refractivity contribution >= 4 is 22.5 Å². The zero-order valence-electron chi connectivity index (χ0n) is 28.9. The normalized spacial score (nSPS) is 16.2. The highest BCUT2D eigenvalue weighted by Gasteiger charge is 2.44. The number of nitrogen functional groups attached to an aromatic ring is 2. The smallest absolute Gasteiger partial charge is 0.0314 e. The van der Waals surface area contributed by atoms with Crippen LogP contribution in [0, 0.1) is 5.41 Å². The van der Waals surface area contributed by atoms with Crippen molar-refractivity contribution in [2.75, 3.05) is 11.5 Å². The number of unbranched alkanes of at least 4 members (excludes halogenated alkanes) is 10. The molecule has 0 amide bonds. The lowest BCUT2D eigenvalue weighted by Gasteiger charge is -2.35.